The summed E-state index contributed by atoms with van der Waals surface area (Å²) >= 11 is 0. The van der Waals surface area contributed by atoms with E-state index < -0.39 is 5.54 Å². The summed E-state index contributed by atoms with van der Waals surface area (Å²) < 4.78 is 5.22. The lowest BCUT2D eigenvalue weighted by Gasteiger charge is -2.22. The molecule has 0 saturated heterocycles. The van der Waals surface area contributed by atoms with E-state index in [0.717, 1.165) is 28.2 Å². The van der Waals surface area contributed by atoms with Gasteiger partial charge in [-0.3, -0.25) is 0 Å². The third-order valence-corrected chi connectivity index (χ3v) is 3.55. The molecule has 0 radical (unpaired) electrons. The number of benzene rings is 2. The van der Waals surface area contributed by atoms with Gasteiger partial charge in [0, 0.05) is 6.07 Å². The van der Waals surface area contributed by atoms with Crippen molar-refractivity contribution in [3.05, 3.63) is 59.9 Å². The van der Waals surface area contributed by atoms with Crippen LogP contribution in [0.2, 0.25) is 0 Å². The zero-order valence-electron chi connectivity index (χ0n) is 11.6. The van der Waals surface area contributed by atoms with Crippen LogP contribution in [0.3, 0.4) is 0 Å². The fraction of sp³-hybridized carbons (Fsp3) is 0.188. The van der Waals surface area contributed by atoms with Gasteiger partial charge in [-0.15, -0.1) is 0 Å². The first-order chi connectivity index (χ1) is 9.61. The molecule has 3 aromatic rings. The molecule has 3 rings (SSSR count). The van der Waals surface area contributed by atoms with Crippen molar-refractivity contribution in [2.75, 3.05) is 7.11 Å². The van der Waals surface area contributed by atoms with Crippen molar-refractivity contribution in [2.45, 2.75) is 12.5 Å². The van der Waals surface area contributed by atoms with Crippen LogP contribution in [0.4, 0.5) is 0 Å². The molecule has 0 aliphatic carbocycles. The number of nitrogens with two attached hydrogens (primary N) is 1. The molecule has 0 spiro atoms. The Morgan fingerprint density at radius 2 is 1.90 bits per heavy atom. The lowest BCUT2D eigenvalue weighted by Crippen LogP contribution is -2.35. The molecule has 1 aromatic heterocycles. The van der Waals surface area contributed by atoms with Gasteiger partial charge in [0.15, 0.2) is 0 Å². The second kappa shape index (κ2) is 4.65. The number of fused-ring (bicyclic) bond motifs is 1. The number of hydrogen-bond donors (Lipinski definition) is 2. The summed E-state index contributed by atoms with van der Waals surface area (Å²) in [5, 5.41) is 0. The highest BCUT2D eigenvalue weighted by atomic mass is 16.5. The van der Waals surface area contributed by atoms with E-state index in [1.807, 2.05) is 55.5 Å². The highest BCUT2D eigenvalue weighted by Crippen LogP contribution is 2.27. The van der Waals surface area contributed by atoms with Crippen LogP contribution >= 0.6 is 0 Å². The number of methoxy groups -OCH3 is 1. The summed E-state index contributed by atoms with van der Waals surface area (Å²) in [6.07, 6.45) is 0. The Kier molecular flexibility index (Phi) is 2.95. The number of ether oxygens (including phenoxy) is 1. The normalized spacial score (nSPS) is 14.2. The Hall–Kier alpha value is -2.33. The monoisotopic (exact) mass is 267 g/mol. The zero-order valence-corrected chi connectivity index (χ0v) is 11.6. The van der Waals surface area contributed by atoms with Gasteiger partial charge in [0.2, 0.25) is 0 Å². The Balaban J connectivity index is 2.10. The minimum atomic E-state index is -0.659. The molecule has 0 amide bonds. The molecule has 102 valence electrons. The molecule has 20 heavy (non-hydrogen) atoms. The molecule has 0 aliphatic heterocycles. The zero-order chi connectivity index (χ0) is 14.2. The van der Waals surface area contributed by atoms with Gasteiger partial charge in [-0.25, -0.2) is 4.98 Å². The van der Waals surface area contributed by atoms with Gasteiger partial charge in [-0.1, -0.05) is 30.3 Å². The average Bonchev–Trinajstić information content (AvgIpc) is 2.91. The van der Waals surface area contributed by atoms with Crippen LogP contribution in [0, 0.1) is 0 Å². The summed E-state index contributed by atoms with van der Waals surface area (Å²) in [5.41, 5.74) is 8.63. The van der Waals surface area contributed by atoms with Crippen LogP contribution < -0.4 is 10.5 Å². The fourth-order valence-corrected chi connectivity index (χ4v) is 2.28. The SMILES string of the molecule is COc1ccc2nc(C(C)(N)c3ccccc3)[nH]c2c1. The maximum absolute atomic E-state index is 6.47. The Bertz CT molecular complexity index is 732. The molecular formula is C16H17N3O. The molecule has 0 aliphatic rings. The van der Waals surface area contributed by atoms with E-state index in [0.29, 0.717) is 0 Å². The first-order valence-corrected chi connectivity index (χ1v) is 6.50. The molecule has 1 heterocycles. The highest BCUT2D eigenvalue weighted by Gasteiger charge is 2.27. The van der Waals surface area contributed by atoms with Gasteiger partial charge in [0.25, 0.3) is 0 Å². The molecule has 3 N–H and O–H groups in total. The predicted octanol–water partition coefficient (Wildman–Crippen LogP) is 2.79. The van der Waals surface area contributed by atoms with Gasteiger partial charge < -0.3 is 15.5 Å². The molecule has 4 heteroatoms. The van der Waals surface area contributed by atoms with E-state index in [2.05, 4.69) is 9.97 Å². The minimum Gasteiger partial charge on any atom is -0.497 e. The molecule has 1 atom stereocenters. The lowest BCUT2D eigenvalue weighted by molar-refractivity contribution is 0.415. The number of nitrogens with one attached hydrogen (secondary N) is 1. The van der Waals surface area contributed by atoms with E-state index in [9.17, 15) is 0 Å². The highest BCUT2D eigenvalue weighted by molar-refractivity contribution is 5.77. The Labute approximate surface area is 117 Å². The van der Waals surface area contributed by atoms with E-state index in [1.165, 1.54) is 0 Å². The molecule has 2 aromatic carbocycles. The number of aromatic nitrogens is 2. The van der Waals surface area contributed by atoms with Crippen LogP contribution in [0.5, 0.6) is 5.75 Å². The third-order valence-electron chi connectivity index (χ3n) is 3.55. The van der Waals surface area contributed by atoms with Crippen molar-refractivity contribution in [3.8, 4) is 5.75 Å². The smallest absolute Gasteiger partial charge is 0.131 e. The maximum atomic E-state index is 6.47. The fourth-order valence-electron chi connectivity index (χ4n) is 2.28. The lowest BCUT2D eigenvalue weighted by atomic mass is 9.92. The van der Waals surface area contributed by atoms with Crippen LogP contribution in [0.25, 0.3) is 11.0 Å². The second-order valence-corrected chi connectivity index (χ2v) is 5.04. The first kappa shape index (κ1) is 12.7. The summed E-state index contributed by atoms with van der Waals surface area (Å²) in [6.45, 7) is 1.96. The molecule has 0 bridgehead atoms. The average molecular weight is 267 g/mol. The number of nitrogens with zero attached hydrogens (tertiary/aromatic N) is 1. The van der Waals surface area contributed by atoms with Gasteiger partial charge in [0.1, 0.15) is 11.6 Å². The van der Waals surface area contributed by atoms with Crippen molar-refractivity contribution < 1.29 is 4.74 Å². The number of hydrogen-bond acceptors (Lipinski definition) is 3. The second-order valence-electron chi connectivity index (χ2n) is 5.04. The standard InChI is InChI=1S/C16H17N3O/c1-16(17,11-6-4-3-5-7-11)15-18-13-9-8-12(20-2)10-14(13)19-15/h3-10H,17H2,1-2H3,(H,18,19). The summed E-state index contributed by atoms with van der Waals surface area (Å²) in [5.74, 6) is 1.54. The largest absolute Gasteiger partial charge is 0.497 e. The topological polar surface area (TPSA) is 63.9 Å². The van der Waals surface area contributed by atoms with E-state index in [1.54, 1.807) is 7.11 Å². The van der Waals surface area contributed by atoms with Crippen LogP contribution in [0.1, 0.15) is 18.3 Å². The van der Waals surface area contributed by atoms with E-state index >= 15 is 0 Å². The van der Waals surface area contributed by atoms with Crippen LogP contribution in [-0.4, -0.2) is 17.1 Å². The van der Waals surface area contributed by atoms with Crippen molar-refractivity contribution in [2.24, 2.45) is 5.73 Å². The van der Waals surface area contributed by atoms with Crippen molar-refractivity contribution in [1.29, 1.82) is 0 Å². The number of aromatic amines is 1. The molecule has 4 nitrogen and oxygen atoms in total. The number of rotatable bonds is 3. The Morgan fingerprint density at radius 1 is 1.15 bits per heavy atom. The van der Waals surface area contributed by atoms with E-state index in [4.69, 9.17) is 10.5 Å². The van der Waals surface area contributed by atoms with Crippen LogP contribution in [-0.2, 0) is 5.54 Å². The predicted molar refractivity (Wildman–Crippen MR) is 79.7 cm³/mol. The molecule has 0 fully saturated rings. The van der Waals surface area contributed by atoms with Crippen molar-refractivity contribution >= 4 is 11.0 Å². The van der Waals surface area contributed by atoms with Gasteiger partial charge in [-0.2, -0.15) is 0 Å². The molecular weight excluding hydrogens is 250 g/mol. The maximum Gasteiger partial charge on any atom is 0.131 e. The Morgan fingerprint density at radius 3 is 2.60 bits per heavy atom. The molecule has 0 saturated carbocycles. The van der Waals surface area contributed by atoms with Gasteiger partial charge in [0.05, 0.1) is 23.7 Å². The number of H-pyrrole nitrogens is 1. The van der Waals surface area contributed by atoms with E-state index in [-0.39, 0.29) is 0 Å². The first-order valence-electron chi connectivity index (χ1n) is 6.50. The summed E-state index contributed by atoms with van der Waals surface area (Å²) in [4.78, 5) is 7.89. The quantitative estimate of drug-likeness (QED) is 0.767. The van der Waals surface area contributed by atoms with Gasteiger partial charge >= 0.3 is 0 Å². The summed E-state index contributed by atoms with van der Waals surface area (Å²) in [6, 6.07) is 15.7. The number of imidazole rings is 1. The van der Waals surface area contributed by atoms with Crippen LogP contribution in [0.15, 0.2) is 48.5 Å². The van der Waals surface area contributed by atoms with Crippen molar-refractivity contribution in [1.82, 2.24) is 9.97 Å². The molecule has 1 unspecified atom stereocenters. The van der Waals surface area contributed by atoms with Crippen molar-refractivity contribution in [3.63, 3.8) is 0 Å². The third kappa shape index (κ3) is 2.04. The summed E-state index contributed by atoms with van der Waals surface area (Å²) in [7, 11) is 1.65. The minimum absolute atomic E-state index is 0.659. The van der Waals surface area contributed by atoms with Gasteiger partial charge in [-0.05, 0) is 24.6 Å².